The standard InChI is InChI=1S/8C8H15N2.4FH2O3P/c8*1-3-4-5-10-7-6-9(2)8-10;4*1-5(2,3)4/h8*6-8H,3-5H2,1-2H3;4*(H2,2,3,4)/q8*+1;;;;/p-8. The Morgan fingerprint density at radius 2 is 0.310 bits per heavy atom. The van der Waals surface area contributed by atoms with Crippen LogP contribution < -0.4 is 75.7 Å². The largest absolute Gasteiger partial charge is 0.786 e. The average Bonchev–Trinajstić information content (AvgIpc) is 1.99. The van der Waals surface area contributed by atoms with Gasteiger partial charge in [-0.1, -0.05) is 107 Å². The molecule has 8 aromatic heterocycles. The number of nitrogens with zero attached hydrogens (tertiary/aromatic N) is 16. The molecule has 576 valence electrons. The average molecular weight is 1510 g/mol. The van der Waals surface area contributed by atoms with Crippen LogP contribution in [0.25, 0.3) is 0 Å². The number of rotatable bonds is 24. The lowest BCUT2D eigenvalue weighted by atomic mass is 10.3. The van der Waals surface area contributed by atoms with Crippen LogP contribution in [0.1, 0.15) is 158 Å². The first-order chi connectivity index (χ1) is 46.6. The summed E-state index contributed by atoms with van der Waals surface area (Å²) < 4.78 is 108. The van der Waals surface area contributed by atoms with Gasteiger partial charge in [0.2, 0.25) is 50.6 Å². The fourth-order valence-electron chi connectivity index (χ4n) is 7.80. The normalized spacial score (nSPS) is 10.5. The van der Waals surface area contributed by atoms with Gasteiger partial charge in [-0.15, -0.1) is 0 Å². The number of unbranched alkanes of at least 4 members (excludes halogenated alkanes) is 8. The highest BCUT2D eigenvalue weighted by Crippen LogP contribution is 2.23. The second-order valence-corrected chi connectivity index (χ2v) is 26.5. The highest BCUT2D eigenvalue weighted by molar-refractivity contribution is 7.43. The Morgan fingerprint density at radius 1 is 0.230 bits per heavy atom. The SMILES string of the molecule is CCCC[n+]1ccn(C)c1.CCCC[n+]1ccn(C)c1.CCCC[n+]1ccn(C)c1.CCCC[n+]1ccn(C)c1.CCCC[n+]1ccn(C)c1.CCCC[n+]1ccn(C)c1.CCCC[n+]1ccn(C)c1.CCCC[n+]1ccn(C)c1.O=P([O-])([O-])F.O=P([O-])([O-])F.O=P([O-])([O-])F.O=P([O-])([O-])F. The Labute approximate surface area is 593 Å². The lowest BCUT2D eigenvalue weighted by molar-refractivity contribution is -0.696. The third kappa shape index (κ3) is 79.3. The van der Waals surface area contributed by atoms with Crippen LogP contribution in [0, 0.1) is 0 Å². The molecule has 28 nitrogen and oxygen atoms in total. The molecule has 0 saturated carbocycles. The van der Waals surface area contributed by atoms with Crippen molar-refractivity contribution in [1.82, 2.24) is 36.5 Å². The number of halogens is 4. The minimum absolute atomic E-state index is 1.15. The summed E-state index contributed by atoms with van der Waals surface area (Å²) in [5.74, 6) is 0. The van der Waals surface area contributed by atoms with Crippen LogP contribution in [-0.2, 0) is 127 Å². The van der Waals surface area contributed by atoms with Crippen molar-refractivity contribution in [2.24, 2.45) is 56.4 Å². The predicted molar refractivity (Wildman–Crippen MR) is 359 cm³/mol. The molecule has 8 rings (SSSR count). The number of imidazole rings is 8. The Morgan fingerprint density at radius 3 is 0.360 bits per heavy atom. The second-order valence-electron chi connectivity index (χ2n) is 23.1. The molecule has 0 aliphatic carbocycles. The van der Waals surface area contributed by atoms with E-state index < -0.39 is 31.6 Å². The molecule has 0 bridgehead atoms. The zero-order chi connectivity index (χ0) is 77.2. The van der Waals surface area contributed by atoms with E-state index in [9.17, 15) is 16.8 Å². The molecule has 0 unspecified atom stereocenters. The molecule has 0 fully saturated rings. The van der Waals surface area contributed by atoms with Gasteiger partial charge >= 0.3 is 0 Å². The molecule has 8 aromatic rings. The number of hydrogen-bond acceptors (Lipinski definition) is 12. The van der Waals surface area contributed by atoms with E-state index >= 15 is 0 Å². The molecular formula is C64H120F4N16O12P4. The smallest absolute Gasteiger partial charge is 0.243 e. The van der Waals surface area contributed by atoms with E-state index in [2.05, 4.69) is 278 Å². The van der Waals surface area contributed by atoms with Crippen LogP contribution in [0.4, 0.5) is 16.8 Å². The van der Waals surface area contributed by atoms with Crippen molar-refractivity contribution >= 4 is 31.6 Å². The topological polar surface area (TPSA) is 323 Å². The van der Waals surface area contributed by atoms with Crippen LogP contribution in [0.2, 0.25) is 0 Å². The van der Waals surface area contributed by atoms with E-state index in [1.807, 2.05) is 56.4 Å². The highest BCUT2D eigenvalue weighted by Gasteiger charge is 2.03. The molecule has 100 heavy (non-hydrogen) atoms. The van der Waals surface area contributed by atoms with E-state index in [4.69, 9.17) is 57.4 Å². The van der Waals surface area contributed by atoms with Gasteiger partial charge in [-0.25, -0.2) is 89.9 Å². The summed E-state index contributed by atoms with van der Waals surface area (Å²) in [5.41, 5.74) is 0. The summed E-state index contributed by atoms with van der Waals surface area (Å²) >= 11 is 0. The van der Waals surface area contributed by atoms with Crippen LogP contribution in [0.5, 0.6) is 0 Å². The molecule has 36 heteroatoms. The van der Waals surface area contributed by atoms with Crippen molar-refractivity contribution in [3.63, 3.8) is 0 Å². The summed E-state index contributed by atoms with van der Waals surface area (Å²) in [6.07, 6.45) is 70.5. The maximum atomic E-state index is 10.1. The molecule has 0 radical (unpaired) electrons. The Bertz CT molecular complexity index is 2720. The third-order valence-corrected chi connectivity index (χ3v) is 12.7. The third-order valence-electron chi connectivity index (χ3n) is 12.7. The van der Waals surface area contributed by atoms with E-state index in [1.54, 1.807) is 0 Å². The predicted octanol–water partition coefficient (Wildman–Crippen LogP) is 4.04. The van der Waals surface area contributed by atoms with E-state index in [0.29, 0.717) is 0 Å². The van der Waals surface area contributed by atoms with Crippen molar-refractivity contribution in [2.45, 2.75) is 210 Å². The Kier molecular flexibility index (Phi) is 60.8. The molecule has 0 aliphatic rings. The summed E-state index contributed by atoms with van der Waals surface area (Å²) in [7, 11) is -6.20. The lowest BCUT2D eigenvalue weighted by Gasteiger charge is -2.15. The van der Waals surface area contributed by atoms with Crippen molar-refractivity contribution < 1.29 is 111 Å². The summed E-state index contributed by atoms with van der Waals surface area (Å²) in [6, 6.07) is 0. The fourth-order valence-corrected chi connectivity index (χ4v) is 7.80. The van der Waals surface area contributed by atoms with Crippen LogP contribution >= 0.6 is 31.6 Å². The molecule has 0 atom stereocenters. The Hall–Kier alpha value is -6.00. The summed E-state index contributed by atoms with van der Waals surface area (Å²) in [4.78, 5) is 67.5. The van der Waals surface area contributed by atoms with Crippen LogP contribution in [-0.4, -0.2) is 36.5 Å². The minimum atomic E-state index is -5.64. The molecule has 0 aliphatic heterocycles. The van der Waals surface area contributed by atoms with Crippen LogP contribution in [0.15, 0.2) is 150 Å². The van der Waals surface area contributed by atoms with Gasteiger partial charge in [0, 0.05) is 0 Å². The lowest BCUT2D eigenvalue weighted by Crippen LogP contribution is -2.30. The molecule has 0 aromatic carbocycles. The van der Waals surface area contributed by atoms with Gasteiger partial charge in [-0.05, 0) is 51.4 Å². The molecule has 0 amide bonds. The minimum Gasteiger partial charge on any atom is -0.786 e. The van der Waals surface area contributed by atoms with Crippen molar-refractivity contribution in [3.05, 3.63) is 150 Å². The number of hydrogen-bond donors (Lipinski definition) is 0. The fraction of sp³-hybridized carbons (Fsp3) is 0.625. The first-order valence-electron chi connectivity index (χ1n) is 33.6. The maximum Gasteiger partial charge on any atom is 0.243 e. The molecule has 0 N–H and O–H groups in total. The number of aryl methyl sites for hydroxylation is 16. The van der Waals surface area contributed by atoms with Gasteiger partial charge in [-0.3, -0.25) is 0 Å². The molecule has 0 saturated heterocycles. The van der Waals surface area contributed by atoms with Crippen LogP contribution in [0.3, 0.4) is 0 Å². The molecular weight excluding hydrogens is 1380 g/mol. The van der Waals surface area contributed by atoms with E-state index in [1.165, 1.54) is 103 Å². The van der Waals surface area contributed by atoms with Gasteiger partial charge in [-0.2, -0.15) is 0 Å². The van der Waals surface area contributed by atoms with Gasteiger partial charge in [0.1, 0.15) is 131 Å². The second kappa shape index (κ2) is 60.6. The first-order valence-corrected chi connectivity index (χ1v) is 39.3. The zero-order valence-corrected chi connectivity index (χ0v) is 65.8. The van der Waals surface area contributed by atoms with E-state index in [-0.39, 0.29) is 0 Å². The zero-order valence-electron chi connectivity index (χ0n) is 62.2. The first kappa shape index (κ1) is 100. The van der Waals surface area contributed by atoms with Gasteiger partial charge in [0.25, 0.3) is 0 Å². The summed E-state index contributed by atoms with van der Waals surface area (Å²) in [5, 5.41) is 0. The highest BCUT2D eigenvalue weighted by atomic mass is 31.2. The van der Waals surface area contributed by atoms with Gasteiger partial charge in [0.15, 0.2) is 0 Å². The molecule has 8 heterocycles. The maximum absolute atomic E-state index is 10.1. The van der Waals surface area contributed by atoms with Crippen molar-refractivity contribution in [1.29, 1.82) is 0 Å². The molecule has 0 spiro atoms. The van der Waals surface area contributed by atoms with E-state index in [0.717, 1.165) is 52.4 Å². The van der Waals surface area contributed by atoms with Crippen molar-refractivity contribution in [3.8, 4) is 0 Å². The van der Waals surface area contributed by atoms with Gasteiger partial charge < -0.3 is 57.4 Å². The van der Waals surface area contributed by atoms with Gasteiger partial charge in [0.05, 0.1) is 109 Å². The summed E-state index contributed by atoms with van der Waals surface area (Å²) in [6.45, 7) is 26.9. The Balaban J connectivity index is -0.000000508. The number of aromatic nitrogens is 16. The quantitative estimate of drug-likeness (QED) is 0.0470. The van der Waals surface area contributed by atoms with Crippen molar-refractivity contribution in [2.75, 3.05) is 0 Å². The monoisotopic (exact) mass is 1500 g/mol.